The molecular formula is C23H37ClN2O2. The van der Waals surface area contributed by atoms with E-state index >= 15 is 0 Å². The zero-order valence-corrected chi connectivity index (χ0v) is 18.3. The molecule has 0 radical (unpaired) electrons. The predicted octanol–water partition coefficient (Wildman–Crippen LogP) is 4.02. The Hall–Kier alpha value is -0.650. The monoisotopic (exact) mass is 408 g/mol. The van der Waals surface area contributed by atoms with Gasteiger partial charge in [0.25, 0.3) is 0 Å². The van der Waals surface area contributed by atoms with Crippen molar-refractivity contribution >= 4 is 11.6 Å². The molecule has 2 atom stereocenters. The molecule has 0 spiro atoms. The molecule has 3 rings (SSSR count). The zero-order valence-electron chi connectivity index (χ0n) is 17.6. The van der Waals surface area contributed by atoms with Gasteiger partial charge in [-0.05, 0) is 69.5 Å². The molecule has 1 aromatic carbocycles. The first-order valence-electron chi connectivity index (χ1n) is 10.9. The molecule has 2 fully saturated rings. The van der Waals surface area contributed by atoms with Crippen LogP contribution in [-0.4, -0.2) is 63.0 Å². The summed E-state index contributed by atoms with van der Waals surface area (Å²) in [6, 6.07) is 8.33. The number of hydrogen-bond acceptors (Lipinski definition) is 4. The number of rotatable bonds is 9. The average molecular weight is 409 g/mol. The third kappa shape index (κ3) is 7.00. The average Bonchev–Trinajstić information content (AvgIpc) is 2.68. The lowest BCUT2D eigenvalue weighted by molar-refractivity contribution is -0.0830. The molecule has 2 saturated heterocycles. The normalized spacial score (nSPS) is 24.2. The van der Waals surface area contributed by atoms with E-state index in [1.165, 1.54) is 12.0 Å². The van der Waals surface area contributed by atoms with Gasteiger partial charge in [-0.2, -0.15) is 0 Å². The Balaban J connectivity index is 1.51. The molecule has 2 aliphatic rings. The van der Waals surface area contributed by atoms with Gasteiger partial charge in [0, 0.05) is 37.8 Å². The number of nitrogens with one attached hydrogen (secondary N) is 1. The molecule has 5 heteroatoms. The van der Waals surface area contributed by atoms with Crippen LogP contribution in [0.4, 0.5) is 0 Å². The van der Waals surface area contributed by atoms with Crippen molar-refractivity contribution in [3.8, 4) is 0 Å². The van der Waals surface area contributed by atoms with E-state index in [-0.39, 0.29) is 5.60 Å². The second-order valence-electron chi connectivity index (χ2n) is 8.91. The van der Waals surface area contributed by atoms with E-state index < -0.39 is 0 Å². The number of ether oxygens (including phenoxy) is 2. The SMILES string of the molecule is CC1(C)C[C@H]([C@H](CCNCCN2CCOCC2)Cc2ccccc2Cl)CCO1. The largest absolute Gasteiger partial charge is 0.379 e. The Bertz CT molecular complexity index is 590. The van der Waals surface area contributed by atoms with Gasteiger partial charge in [-0.25, -0.2) is 0 Å². The third-order valence-electron chi connectivity index (χ3n) is 6.24. The van der Waals surface area contributed by atoms with Gasteiger partial charge < -0.3 is 14.8 Å². The van der Waals surface area contributed by atoms with Gasteiger partial charge in [-0.15, -0.1) is 0 Å². The summed E-state index contributed by atoms with van der Waals surface area (Å²) in [6.45, 7) is 12.4. The number of benzene rings is 1. The van der Waals surface area contributed by atoms with E-state index in [0.717, 1.165) is 76.8 Å². The summed E-state index contributed by atoms with van der Waals surface area (Å²) < 4.78 is 11.4. The smallest absolute Gasteiger partial charge is 0.0629 e. The highest BCUT2D eigenvalue weighted by atomic mass is 35.5. The lowest BCUT2D eigenvalue weighted by Crippen LogP contribution is -2.41. The minimum Gasteiger partial charge on any atom is -0.379 e. The van der Waals surface area contributed by atoms with Crippen molar-refractivity contribution in [1.82, 2.24) is 10.2 Å². The lowest BCUT2D eigenvalue weighted by atomic mass is 9.75. The van der Waals surface area contributed by atoms with E-state index in [2.05, 4.69) is 36.2 Å². The summed E-state index contributed by atoms with van der Waals surface area (Å²) in [5.41, 5.74) is 1.28. The maximum absolute atomic E-state index is 6.48. The highest BCUT2D eigenvalue weighted by Crippen LogP contribution is 2.37. The second-order valence-corrected chi connectivity index (χ2v) is 9.32. The zero-order chi connectivity index (χ0) is 19.8. The predicted molar refractivity (Wildman–Crippen MR) is 116 cm³/mol. The van der Waals surface area contributed by atoms with Crippen LogP contribution in [0.2, 0.25) is 5.02 Å². The topological polar surface area (TPSA) is 33.7 Å². The standard InChI is InChI=1S/C23H37ClN2O2/c1-23(2)18-21(8-14-28-23)19(17-20-5-3-4-6-22(20)24)7-9-25-10-11-26-12-15-27-16-13-26/h3-6,19,21,25H,7-18H2,1-2H3/t19-,21-/m1/s1. The molecule has 1 aromatic rings. The molecule has 2 aliphatic heterocycles. The first-order chi connectivity index (χ1) is 13.5. The van der Waals surface area contributed by atoms with E-state index in [1.807, 2.05) is 12.1 Å². The Morgan fingerprint density at radius 1 is 1.18 bits per heavy atom. The van der Waals surface area contributed by atoms with Gasteiger partial charge in [-0.1, -0.05) is 29.8 Å². The van der Waals surface area contributed by atoms with Gasteiger partial charge in [0.05, 0.1) is 18.8 Å². The number of halogens is 1. The summed E-state index contributed by atoms with van der Waals surface area (Å²) >= 11 is 6.48. The second kappa shape index (κ2) is 10.9. The van der Waals surface area contributed by atoms with Crippen LogP contribution in [0.15, 0.2) is 24.3 Å². The van der Waals surface area contributed by atoms with Crippen LogP contribution in [0.5, 0.6) is 0 Å². The molecule has 0 aliphatic carbocycles. The van der Waals surface area contributed by atoms with Crippen LogP contribution < -0.4 is 5.32 Å². The number of morpholine rings is 1. The Morgan fingerprint density at radius 2 is 1.96 bits per heavy atom. The minimum atomic E-state index is -0.00852. The Labute approximate surface area is 175 Å². The van der Waals surface area contributed by atoms with Crippen molar-refractivity contribution in [2.24, 2.45) is 11.8 Å². The van der Waals surface area contributed by atoms with Crippen LogP contribution in [0.25, 0.3) is 0 Å². The molecule has 0 bridgehead atoms. The quantitative estimate of drug-likeness (QED) is 0.626. The van der Waals surface area contributed by atoms with Crippen LogP contribution in [0.3, 0.4) is 0 Å². The molecule has 2 heterocycles. The van der Waals surface area contributed by atoms with Crippen LogP contribution in [0, 0.1) is 11.8 Å². The third-order valence-corrected chi connectivity index (χ3v) is 6.61. The maximum Gasteiger partial charge on any atom is 0.0629 e. The van der Waals surface area contributed by atoms with E-state index in [9.17, 15) is 0 Å². The molecule has 0 amide bonds. The summed E-state index contributed by atoms with van der Waals surface area (Å²) in [7, 11) is 0. The van der Waals surface area contributed by atoms with E-state index in [0.29, 0.717) is 11.8 Å². The van der Waals surface area contributed by atoms with Crippen molar-refractivity contribution in [3.63, 3.8) is 0 Å². The highest BCUT2D eigenvalue weighted by Gasteiger charge is 2.33. The maximum atomic E-state index is 6.48. The molecule has 0 unspecified atom stereocenters. The lowest BCUT2D eigenvalue weighted by Gasteiger charge is -2.39. The summed E-state index contributed by atoms with van der Waals surface area (Å²) in [4.78, 5) is 2.48. The first-order valence-corrected chi connectivity index (χ1v) is 11.3. The molecule has 28 heavy (non-hydrogen) atoms. The fourth-order valence-electron chi connectivity index (χ4n) is 4.61. The first kappa shape index (κ1) is 22.0. The van der Waals surface area contributed by atoms with E-state index in [1.54, 1.807) is 0 Å². The Morgan fingerprint density at radius 3 is 2.71 bits per heavy atom. The molecule has 4 nitrogen and oxygen atoms in total. The molecule has 158 valence electrons. The highest BCUT2D eigenvalue weighted by molar-refractivity contribution is 6.31. The Kier molecular flexibility index (Phi) is 8.61. The number of nitrogens with zero attached hydrogens (tertiary/aromatic N) is 1. The molecule has 0 saturated carbocycles. The molecule has 1 N–H and O–H groups in total. The summed E-state index contributed by atoms with van der Waals surface area (Å²) in [5, 5.41) is 4.58. The van der Waals surface area contributed by atoms with Crippen molar-refractivity contribution in [3.05, 3.63) is 34.9 Å². The summed E-state index contributed by atoms with van der Waals surface area (Å²) in [5.74, 6) is 1.33. The molecular weight excluding hydrogens is 372 g/mol. The van der Waals surface area contributed by atoms with Gasteiger partial charge in [-0.3, -0.25) is 4.90 Å². The summed E-state index contributed by atoms with van der Waals surface area (Å²) in [6.07, 6.45) is 4.54. The van der Waals surface area contributed by atoms with Crippen molar-refractivity contribution in [2.45, 2.75) is 45.1 Å². The van der Waals surface area contributed by atoms with Gasteiger partial charge in [0.1, 0.15) is 0 Å². The fraction of sp³-hybridized carbons (Fsp3) is 0.739. The van der Waals surface area contributed by atoms with E-state index in [4.69, 9.17) is 21.1 Å². The minimum absolute atomic E-state index is 0.00852. The van der Waals surface area contributed by atoms with Gasteiger partial charge in [0.2, 0.25) is 0 Å². The van der Waals surface area contributed by atoms with Crippen LogP contribution >= 0.6 is 11.6 Å². The fourth-order valence-corrected chi connectivity index (χ4v) is 4.82. The van der Waals surface area contributed by atoms with Gasteiger partial charge in [0.15, 0.2) is 0 Å². The van der Waals surface area contributed by atoms with Crippen LogP contribution in [0.1, 0.15) is 38.7 Å². The van der Waals surface area contributed by atoms with Gasteiger partial charge >= 0.3 is 0 Å². The number of hydrogen-bond donors (Lipinski definition) is 1. The molecule has 0 aromatic heterocycles. The van der Waals surface area contributed by atoms with Crippen LogP contribution in [-0.2, 0) is 15.9 Å². The van der Waals surface area contributed by atoms with Crippen molar-refractivity contribution in [1.29, 1.82) is 0 Å². The van der Waals surface area contributed by atoms with Crippen molar-refractivity contribution < 1.29 is 9.47 Å². The van der Waals surface area contributed by atoms with Crippen molar-refractivity contribution in [2.75, 3.05) is 52.5 Å².